The summed E-state index contributed by atoms with van der Waals surface area (Å²) in [7, 11) is 0. The predicted octanol–water partition coefficient (Wildman–Crippen LogP) is 11.4. The average Bonchev–Trinajstić information content (AvgIpc) is 3.00. The molecule has 0 spiro atoms. The summed E-state index contributed by atoms with van der Waals surface area (Å²) in [6, 6.07) is 21.6. The first-order valence-corrected chi connectivity index (χ1v) is 16.1. The molecule has 0 bridgehead atoms. The molecule has 1 aromatic heterocycles. The molecule has 237 valence electrons. The van der Waals surface area contributed by atoms with Crippen LogP contribution in [0.5, 0.6) is 0 Å². The van der Waals surface area contributed by atoms with E-state index in [0.717, 1.165) is 35.6 Å². The van der Waals surface area contributed by atoms with Crippen molar-refractivity contribution in [2.24, 2.45) is 10.8 Å². The summed E-state index contributed by atoms with van der Waals surface area (Å²) in [5, 5.41) is 15.0. The zero-order chi connectivity index (χ0) is 31.4. The third kappa shape index (κ3) is 8.26. The first-order chi connectivity index (χ1) is 20.4. The van der Waals surface area contributed by atoms with E-state index in [1.165, 1.54) is 70.9 Å². The normalized spacial score (nSPS) is 14.6. The Hall–Kier alpha value is -2.81. The molecule has 0 aliphatic heterocycles. The molecule has 5 rings (SSSR count). The molecular formula is C40H50IrNO2-. The molecule has 44 heavy (non-hydrogen) atoms. The zero-order valence-corrected chi connectivity index (χ0v) is 30.3. The number of rotatable bonds is 7. The van der Waals surface area contributed by atoms with E-state index >= 15 is 0 Å². The number of hydrogen-bond donors (Lipinski definition) is 1. The molecule has 0 amide bonds. The van der Waals surface area contributed by atoms with Crippen LogP contribution in [0.25, 0.3) is 32.8 Å². The number of ketones is 1. The number of aliphatic hydroxyl groups excluding tert-OH is 1. The van der Waals surface area contributed by atoms with Crippen LogP contribution in [0.1, 0.15) is 109 Å². The Balaban J connectivity index is 0.000000286. The van der Waals surface area contributed by atoms with E-state index in [2.05, 4.69) is 68.4 Å². The summed E-state index contributed by atoms with van der Waals surface area (Å²) in [5.41, 5.74) is 5.37. The van der Waals surface area contributed by atoms with Crippen LogP contribution in [-0.2, 0) is 24.9 Å². The molecule has 4 aromatic rings. The number of hydrogen-bond acceptors (Lipinski definition) is 3. The Bertz CT molecular complexity index is 1610. The number of aryl methyl sites for hydroxylation is 2. The molecule has 1 heterocycles. The fourth-order valence-corrected chi connectivity index (χ4v) is 5.81. The van der Waals surface area contributed by atoms with E-state index in [4.69, 9.17) is 4.98 Å². The summed E-state index contributed by atoms with van der Waals surface area (Å²) < 4.78 is 0. The number of benzene rings is 3. The van der Waals surface area contributed by atoms with Gasteiger partial charge in [-0.1, -0.05) is 105 Å². The van der Waals surface area contributed by atoms with Crippen LogP contribution in [0, 0.1) is 30.7 Å². The standard InChI is InChI=1S/C27H26N.C13H24O2.Ir/c1-18-14-19(2)16-24(15-18)27-26-21(12-13-28-27)8-9-23-17-22(10-11-25(23)26)20-6-4-3-5-7-20;1-7-12(3,4)10(14)9-11(15)13(5,6)8-2;/h8-15,17,20H,3-7H2,1-2H3;9,14H,7-8H2,1-6H3;/q-1;;/b;10-9-;. The van der Waals surface area contributed by atoms with E-state index in [-0.39, 0.29) is 42.5 Å². The second-order valence-electron chi connectivity index (χ2n) is 13.8. The summed E-state index contributed by atoms with van der Waals surface area (Å²) in [4.78, 5) is 16.6. The van der Waals surface area contributed by atoms with Gasteiger partial charge in [0.15, 0.2) is 5.78 Å². The Kier molecular flexibility index (Phi) is 12.1. The Morgan fingerprint density at radius 3 is 2.20 bits per heavy atom. The van der Waals surface area contributed by atoms with Gasteiger partial charge in [-0.25, -0.2) is 0 Å². The van der Waals surface area contributed by atoms with Gasteiger partial charge in [-0.3, -0.25) is 4.79 Å². The van der Waals surface area contributed by atoms with Crippen molar-refractivity contribution >= 4 is 27.3 Å². The van der Waals surface area contributed by atoms with Crippen molar-refractivity contribution in [3.8, 4) is 11.3 Å². The molecular weight excluding hydrogens is 719 g/mol. The van der Waals surface area contributed by atoms with Crippen LogP contribution >= 0.6 is 0 Å². The zero-order valence-electron chi connectivity index (χ0n) is 27.9. The molecule has 1 aliphatic rings. The summed E-state index contributed by atoms with van der Waals surface area (Å²) in [6.45, 7) is 15.9. The number of fused-ring (bicyclic) bond motifs is 3. The third-order valence-electron chi connectivity index (χ3n) is 9.65. The molecule has 1 saturated carbocycles. The van der Waals surface area contributed by atoms with E-state index in [1.807, 2.05) is 47.7 Å². The largest absolute Gasteiger partial charge is 0.512 e. The molecule has 3 aromatic carbocycles. The van der Waals surface area contributed by atoms with Crippen molar-refractivity contribution in [1.82, 2.24) is 4.98 Å². The predicted molar refractivity (Wildman–Crippen MR) is 183 cm³/mol. The molecule has 1 aliphatic carbocycles. The number of nitrogens with zero attached hydrogens (tertiary/aromatic N) is 1. The van der Waals surface area contributed by atoms with Gasteiger partial charge in [0.1, 0.15) is 5.76 Å². The molecule has 4 heteroatoms. The van der Waals surface area contributed by atoms with Crippen molar-refractivity contribution in [3.05, 3.63) is 89.3 Å². The monoisotopic (exact) mass is 769 g/mol. The van der Waals surface area contributed by atoms with Gasteiger partial charge in [-0.15, -0.1) is 34.9 Å². The average molecular weight is 769 g/mol. The van der Waals surface area contributed by atoms with Crippen LogP contribution in [0.15, 0.2) is 66.6 Å². The molecule has 0 saturated heterocycles. The van der Waals surface area contributed by atoms with Crippen LogP contribution in [0.3, 0.4) is 0 Å². The Morgan fingerprint density at radius 1 is 0.909 bits per heavy atom. The number of carbonyl (C=O) groups is 1. The minimum Gasteiger partial charge on any atom is -0.512 e. The van der Waals surface area contributed by atoms with Crippen LogP contribution in [0.2, 0.25) is 0 Å². The number of carbonyl (C=O) groups excluding carboxylic acids is 1. The van der Waals surface area contributed by atoms with Gasteiger partial charge in [0, 0.05) is 43.2 Å². The summed E-state index contributed by atoms with van der Waals surface area (Å²) >= 11 is 0. The molecule has 1 fully saturated rings. The topological polar surface area (TPSA) is 50.2 Å². The summed E-state index contributed by atoms with van der Waals surface area (Å²) in [5.74, 6) is 0.926. The number of aliphatic hydroxyl groups is 1. The molecule has 1 radical (unpaired) electrons. The van der Waals surface area contributed by atoms with Crippen LogP contribution in [0.4, 0.5) is 0 Å². The maximum absolute atomic E-state index is 11.8. The smallest absolute Gasteiger partial charge is 0.164 e. The first kappa shape index (κ1) is 35.7. The van der Waals surface area contributed by atoms with Gasteiger partial charge in [0.25, 0.3) is 0 Å². The van der Waals surface area contributed by atoms with E-state index in [0.29, 0.717) is 0 Å². The van der Waals surface area contributed by atoms with Crippen LogP contribution in [-0.4, -0.2) is 15.9 Å². The Morgan fingerprint density at radius 2 is 1.57 bits per heavy atom. The van der Waals surface area contributed by atoms with Gasteiger partial charge in [0.05, 0.1) is 0 Å². The van der Waals surface area contributed by atoms with E-state index < -0.39 is 0 Å². The van der Waals surface area contributed by atoms with Crippen molar-refractivity contribution in [2.75, 3.05) is 0 Å². The van der Waals surface area contributed by atoms with E-state index in [1.54, 1.807) is 0 Å². The SMILES string of the molecule is CCC(C)(C)C(=O)/C=C(\O)C(C)(C)CC.Cc1[c-]c(-c2nccc3ccc4cc(C5CCCCC5)ccc4c23)cc(C)c1.[Ir]. The van der Waals surface area contributed by atoms with Crippen LogP contribution < -0.4 is 0 Å². The fourth-order valence-electron chi connectivity index (χ4n) is 5.81. The minimum absolute atomic E-state index is 0. The minimum atomic E-state index is -0.377. The van der Waals surface area contributed by atoms with Gasteiger partial charge in [-0.2, -0.15) is 0 Å². The second-order valence-corrected chi connectivity index (χ2v) is 13.8. The Labute approximate surface area is 278 Å². The maximum atomic E-state index is 11.8. The van der Waals surface area contributed by atoms with Crippen molar-refractivity contribution in [1.29, 1.82) is 0 Å². The first-order valence-electron chi connectivity index (χ1n) is 16.1. The third-order valence-corrected chi connectivity index (χ3v) is 9.65. The molecule has 1 N–H and O–H groups in total. The van der Waals surface area contributed by atoms with Crippen molar-refractivity contribution in [3.63, 3.8) is 0 Å². The number of pyridine rings is 1. The molecule has 0 atom stereocenters. The quantitative estimate of drug-likeness (QED) is 0.0882. The van der Waals surface area contributed by atoms with Gasteiger partial charge < -0.3 is 10.1 Å². The van der Waals surface area contributed by atoms with Gasteiger partial charge in [0.2, 0.25) is 0 Å². The molecule has 0 unspecified atom stereocenters. The number of aromatic nitrogens is 1. The van der Waals surface area contributed by atoms with E-state index in [9.17, 15) is 9.90 Å². The van der Waals surface area contributed by atoms with Crippen molar-refractivity contribution in [2.45, 2.75) is 106 Å². The van der Waals surface area contributed by atoms with Gasteiger partial charge >= 0.3 is 0 Å². The molecule has 3 nitrogen and oxygen atoms in total. The number of allylic oxidation sites excluding steroid dienone is 2. The fraction of sp³-hybridized carbons (Fsp3) is 0.450. The second kappa shape index (κ2) is 15.0. The van der Waals surface area contributed by atoms with Crippen molar-refractivity contribution < 1.29 is 30.0 Å². The summed E-state index contributed by atoms with van der Waals surface area (Å²) in [6.07, 6.45) is 11.7. The maximum Gasteiger partial charge on any atom is 0.164 e. The van der Waals surface area contributed by atoms with Gasteiger partial charge in [-0.05, 0) is 70.5 Å².